The van der Waals surface area contributed by atoms with Crippen molar-refractivity contribution >= 4 is 0 Å². The van der Waals surface area contributed by atoms with Crippen LogP contribution in [-0.2, 0) is 13.0 Å². The molecule has 1 fully saturated rings. The fourth-order valence-corrected chi connectivity index (χ4v) is 5.93. The highest BCUT2D eigenvalue weighted by Crippen LogP contribution is 2.33. The number of benzene rings is 1. The van der Waals surface area contributed by atoms with E-state index in [-0.39, 0.29) is 5.69 Å². The first-order valence-corrected chi connectivity index (χ1v) is 14.3. The SMILES string of the molecule is CCCCc1cn(C2CCCCCCC2CC)c(=O)n1Cc1cc(-c2cccc(-c3nnn[nH]3)c2)ccn1. The first-order valence-electron chi connectivity index (χ1n) is 14.3. The third-order valence-corrected chi connectivity index (χ3v) is 8.08. The van der Waals surface area contributed by atoms with Gasteiger partial charge >= 0.3 is 5.69 Å². The highest BCUT2D eigenvalue weighted by molar-refractivity contribution is 5.70. The van der Waals surface area contributed by atoms with Crippen molar-refractivity contribution in [2.75, 3.05) is 0 Å². The van der Waals surface area contributed by atoms with E-state index in [1.165, 1.54) is 32.1 Å². The molecular weight excluding hydrogens is 474 g/mol. The molecule has 0 saturated heterocycles. The predicted molar refractivity (Wildman–Crippen MR) is 150 cm³/mol. The molecule has 2 unspecified atom stereocenters. The van der Waals surface area contributed by atoms with E-state index < -0.39 is 0 Å². The Hall–Kier alpha value is -3.55. The van der Waals surface area contributed by atoms with Gasteiger partial charge in [-0.15, -0.1) is 5.10 Å². The lowest BCUT2D eigenvalue weighted by Crippen LogP contribution is -2.32. The van der Waals surface area contributed by atoms with Gasteiger partial charge in [-0.25, -0.2) is 9.89 Å². The van der Waals surface area contributed by atoms with E-state index in [9.17, 15) is 4.79 Å². The fourth-order valence-electron chi connectivity index (χ4n) is 5.93. The number of nitrogens with one attached hydrogen (secondary N) is 1. The van der Waals surface area contributed by atoms with Crippen molar-refractivity contribution in [2.24, 2.45) is 5.92 Å². The summed E-state index contributed by atoms with van der Waals surface area (Å²) in [5, 5.41) is 14.2. The maximum absolute atomic E-state index is 13.9. The summed E-state index contributed by atoms with van der Waals surface area (Å²) >= 11 is 0. The maximum Gasteiger partial charge on any atom is 0.328 e. The first kappa shape index (κ1) is 26.1. The quantitative estimate of drug-likeness (QED) is 0.287. The van der Waals surface area contributed by atoms with Crippen molar-refractivity contribution < 1.29 is 0 Å². The number of aromatic nitrogens is 7. The van der Waals surface area contributed by atoms with Gasteiger partial charge in [-0.05, 0) is 71.4 Å². The van der Waals surface area contributed by atoms with Crippen LogP contribution in [0.2, 0.25) is 0 Å². The van der Waals surface area contributed by atoms with Gasteiger partial charge in [-0.2, -0.15) is 0 Å². The zero-order valence-electron chi connectivity index (χ0n) is 22.6. The third-order valence-electron chi connectivity index (χ3n) is 8.08. The Morgan fingerprint density at radius 3 is 2.61 bits per heavy atom. The molecule has 2 atom stereocenters. The molecule has 0 bridgehead atoms. The standard InChI is InChI=1S/C30H39N7O/c1-3-5-14-27-21-37(28-15-9-7-6-8-11-22(28)4-2)30(38)36(27)20-26-19-24(16-17-31-26)23-12-10-13-25(18-23)29-32-34-35-33-29/h10,12-13,16-19,21-22,28H,3-9,11,14-15,20H2,1-2H3,(H,32,33,34,35). The van der Waals surface area contributed by atoms with Crippen molar-refractivity contribution in [1.82, 2.24) is 34.7 Å². The van der Waals surface area contributed by atoms with Crippen molar-refractivity contribution in [2.45, 2.75) is 90.6 Å². The van der Waals surface area contributed by atoms with Crippen LogP contribution in [0.5, 0.6) is 0 Å². The lowest BCUT2D eigenvalue weighted by molar-refractivity contribution is 0.249. The number of H-pyrrole nitrogens is 1. The molecule has 1 aromatic carbocycles. The minimum Gasteiger partial charge on any atom is -0.296 e. The summed E-state index contributed by atoms with van der Waals surface area (Å²) in [5.74, 6) is 1.20. The Labute approximate surface area is 224 Å². The molecule has 0 spiro atoms. The Balaban J connectivity index is 1.46. The average molecular weight is 514 g/mol. The van der Waals surface area contributed by atoms with Gasteiger partial charge in [0.05, 0.1) is 12.2 Å². The van der Waals surface area contributed by atoms with Gasteiger partial charge in [-0.3, -0.25) is 14.1 Å². The van der Waals surface area contributed by atoms with E-state index in [1.807, 2.05) is 29.0 Å². The summed E-state index contributed by atoms with van der Waals surface area (Å²) in [6.07, 6.45) is 15.6. The number of rotatable bonds is 9. The van der Waals surface area contributed by atoms with Crippen molar-refractivity contribution in [1.29, 1.82) is 0 Å². The number of nitrogens with zero attached hydrogens (tertiary/aromatic N) is 6. The number of aromatic amines is 1. The molecule has 1 N–H and O–H groups in total. The van der Waals surface area contributed by atoms with Crippen LogP contribution in [0.3, 0.4) is 0 Å². The van der Waals surface area contributed by atoms with E-state index in [4.69, 9.17) is 0 Å². The molecule has 1 aliphatic rings. The Morgan fingerprint density at radius 2 is 1.82 bits per heavy atom. The lowest BCUT2D eigenvalue weighted by Gasteiger charge is -2.29. The van der Waals surface area contributed by atoms with Crippen LogP contribution in [0, 0.1) is 5.92 Å². The number of imidazole rings is 1. The van der Waals surface area contributed by atoms with Gasteiger partial charge in [0.2, 0.25) is 0 Å². The highest BCUT2D eigenvalue weighted by Gasteiger charge is 2.26. The molecule has 5 rings (SSSR count). The van der Waals surface area contributed by atoms with Gasteiger partial charge < -0.3 is 0 Å². The Bertz CT molecular complexity index is 1370. The number of pyridine rings is 1. The van der Waals surface area contributed by atoms with Gasteiger partial charge in [0, 0.05) is 29.7 Å². The van der Waals surface area contributed by atoms with Crippen LogP contribution in [-0.4, -0.2) is 34.7 Å². The summed E-state index contributed by atoms with van der Waals surface area (Å²) in [6, 6.07) is 12.5. The molecule has 8 nitrogen and oxygen atoms in total. The van der Waals surface area contributed by atoms with Gasteiger partial charge in [-0.1, -0.05) is 70.6 Å². The van der Waals surface area contributed by atoms with Gasteiger partial charge in [0.15, 0.2) is 5.82 Å². The van der Waals surface area contributed by atoms with E-state index in [0.717, 1.165) is 60.2 Å². The van der Waals surface area contributed by atoms with Crippen molar-refractivity contribution in [3.8, 4) is 22.5 Å². The largest absolute Gasteiger partial charge is 0.328 e. The topological polar surface area (TPSA) is 94.3 Å². The van der Waals surface area contributed by atoms with Crippen LogP contribution < -0.4 is 5.69 Å². The number of hydrogen-bond donors (Lipinski definition) is 1. The van der Waals surface area contributed by atoms with E-state index in [0.29, 0.717) is 24.3 Å². The zero-order valence-corrected chi connectivity index (χ0v) is 22.6. The smallest absolute Gasteiger partial charge is 0.296 e. The number of hydrogen-bond acceptors (Lipinski definition) is 5. The number of tetrazole rings is 1. The molecule has 1 aliphatic carbocycles. The fraction of sp³-hybridized carbons (Fsp3) is 0.500. The second-order valence-electron chi connectivity index (χ2n) is 10.6. The molecule has 38 heavy (non-hydrogen) atoms. The molecular formula is C30H39N7O. The molecule has 4 aromatic rings. The Morgan fingerprint density at radius 1 is 1.00 bits per heavy atom. The highest BCUT2D eigenvalue weighted by atomic mass is 16.1. The second kappa shape index (κ2) is 12.3. The summed E-state index contributed by atoms with van der Waals surface area (Å²) in [5.41, 5.74) is 5.16. The van der Waals surface area contributed by atoms with Gasteiger partial charge in [0.25, 0.3) is 0 Å². The lowest BCUT2D eigenvalue weighted by atomic mass is 9.85. The summed E-state index contributed by atoms with van der Waals surface area (Å²) in [6.45, 7) is 4.96. The average Bonchev–Trinajstić information content (AvgIpc) is 3.57. The Kier molecular flexibility index (Phi) is 8.46. The second-order valence-corrected chi connectivity index (χ2v) is 10.6. The normalized spacial score (nSPS) is 18.3. The maximum atomic E-state index is 13.9. The molecule has 3 aromatic heterocycles. The van der Waals surface area contributed by atoms with Crippen molar-refractivity contribution in [3.05, 3.63) is 70.7 Å². The van der Waals surface area contributed by atoms with Crippen LogP contribution in [0.4, 0.5) is 0 Å². The monoisotopic (exact) mass is 513 g/mol. The molecule has 200 valence electrons. The third kappa shape index (κ3) is 5.79. The molecule has 1 saturated carbocycles. The van der Waals surface area contributed by atoms with Crippen LogP contribution >= 0.6 is 0 Å². The molecule has 0 radical (unpaired) electrons. The number of unbranched alkanes of at least 4 members (excludes halogenated alkanes) is 1. The van der Waals surface area contributed by atoms with Crippen molar-refractivity contribution in [3.63, 3.8) is 0 Å². The summed E-state index contributed by atoms with van der Waals surface area (Å²) in [4.78, 5) is 18.6. The molecule has 8 heteroatoms. The summed E-state index contributed by atoms with van der Waals surface area (Å²) < 4.78 is 4.06. The van der Waals surface area contributed by atoms with Crippen LogP contribution in [0.25, 0.3) is 22.5 Å². The van der Waals surface area contributed by atoms with E-state index >= 15 is 0 Å². The predicted octanol–water partition coefficient (Wildman–Crippen LogP) is 6.20. The van der Waals surface area contributed by atoms with Gasteiger partial charge in [0.1, 0.15) is 0 Å². The molecule has 0 amide bonds. The molecule has 3 heterocycles. The van der Waals surface area contributed by atoms with Crippen LogP contribution in [0.1, 0.15) is 89.1 Å². The minimum absolute atomic E-state index is 0.118. The molecule has 0 aliphatic heterocycles. The zero-order chi connectivity index (χ0) is 26.3. The summed E-state index contributed by atoms with van der Waals surface area (Å²) in [7, 11) is 0. The number of aryl methyl sites for hydroxylation is 1. The first-order chi connectivity index (χ1) is 18.7. The van der Waals surface area contributed by atoms with E-state index in [1.54, 1.807) is 0 Å². The van der Waals surface area contributed by atoms with Crippen LogP contribution in [0.15, 0.2) is 53.6 Å². The van der Waals surface area contributed by atoms with E-state index in [2.05, 4.69) is 68.4 Å². The minimum atomic E-state index is 0.118.